The Morgan fingerprint density at radius 1 is 1.36 bits per heavy atom. The Kier molecular flexibility index (Phi) is 7.19. The molecule has 1 atom stereocenters. The second kappa shape index (κ2) is 9.16. The highest BCUT2D eigenvalue weighted by atomic mass is 32.1. The second-order valence-corrected chi connectivity index (χ2v) is 6.65. The van der Waals surface area contributed by atoms with Crippen molar-refractivity contribution in [2.75, 3.05) is 26.7 Å². The molecule has 2 N–H and O–H groups in total. The van der Waals surface area contributed by atoms with E-state index in [-0.39, 0.29) is 0 Å². The van der Waals surface area contributed by atoms with E-state index >= 15 is 0 Å². The Balaban J connectivity index is 1.94. The maximum Gasteiger partial charge on any atom is 0.191 e. The zero-order valence-electron chi connectivity index (χ0n) is 14.1. The van der Waals surface area contributed by atoms with Crippen molar-refractivity contribution in [3.8, 4) is 0 Å². The fraction of sp³-hybridized carbons (Fsp3) is 0.706. The van der Waals surface area contributed by atoms with Crippen molar-refractivity contribution in [2.45, 2.75) is 51.6 Å². The second-order valence-electron chi connectivity index (χ2n) is 5.87. The van der Waals surface area contributed by atoms with Crippen molar-refractivity contribution >= 4 is 17.3 Å². The first-order valence-electron chi connectivity index (χ1n) is 8.51. The number of nitrogens with zero attached hydrogens (tertiary/aromatic N) is 2. The Labute approximate surface area is 139 Å². The topological polar surface area (TPSA) is 39.7 Å². The molecule has 1 aromatic heterocycles. The van der Waals surface area contributed by atoms with Gasteiger partial charge in [-0.15, -0.1) is 0 Å². The average Bonchev–Trinajstić information content (AvgIpc) is 3.23. The molecule has 4 nitrogen and oxygen atoms in total. The van der Waals surface area contributed by atoms with Crippen LogP contribution in [0.5, 0.6) is 0 Å². The summed E-state index contributed by atoms with van der Waals surface area (Å²) in [6, 6.07) is 3.24. The van der Waals surface area contributed by atoms with E-state index in [4.69, 9.17) is 0 Å². The van der Waals surface area contributed by atoms with E-state index in [9.17, 15) is 0 Å². The van der Waals surface area contributed by atoms with Crippen molar-refractivity contribution < 1.29 is 0 Å². The zero-order valence-corrected chi connectivity index (χ0v) is 15.0. The number of thiophene rings is 1. The summed E-state index contributed by atoms with van der Waals surface area (Å²) in [5.74, 6) is 0.944. The molecule has 1 fully saturated rings. The van der Waals surface area contributed by atoms with Gasteiger partial charge in [-0.3, -0.25) is 9.89 Å². The summed E-state index contributed by atoms with van der Waals surface area (Å²) in [7, 11) is 1.86. The van der Waals surface area contributed by atoms with Crippen molar-refractivity contribution in [3.63, 3.8) is 0 Å². The molecule has 1 aliphatic rings. The molecule has 0 bridgehead atoms. The highest BCUT2D eigenvalue weighted by molar-refractivity contribution is 7.07. The van der Waals surface area contributed by atoms with Gasteiger partial charge in [0.15, 0.2) is 5.96 Å². The Morgan fingerprint density at radius 2 is 2.09 bits per heavy atom. The molecule has 5 heteroatoms. The molecule has 1 saturated carbocycles. The summed E-state index contributed by atoms with van der Waals surface area (Å²) < 4.78 is 0. The lowest BCUT2D eigenvalue weighted by Crippen LogP contribution is -2.46. The third kappa shape index (κ3) is 4.71. The van der Waals surface area contributed by atoms with Crippen molar-refractivity contribution in [1.29, 1.82) is 0 Å². The van der Waals surface area contributed by atoms with E-state index in [1.807, 2.05) is 7.05 Å². The predicted molar refractivity (Wildman–Crippen MR) is 96.7 cm³/mol. The van der Waals surface area contributed by atoms with Crippen LogP contribution < -0.4 is 10.6 Å². The van der Waals surface area contributed by atoms with Crippen LogP contribution in [-0.4, -0.2) is 43.6 Å². The number of rotatable bonds is 7. The van der Waals surface area contributed by atoms with Crippen LogP contribution in [0.4, 0.5) is 0 Å². The van der Waals surface area contributed by atoms with Crippen LogP contribution in [0.25, 0.3) is 0 Å². The molecule has 0 aromatic carbocycles. The van der Waals surface area contributed by atoms with E-state index in [2.05, 4.69) is 51.2 Å². The van der Waals surface area contributed by atoms with E-state index < -0.39 is 0 Å². The van der Waals surface area contributed by atoms with Crippen LogP contribution in [-0.2, 0) is 0 Å². The molecule has 22 heavy (non-hydrogen) atoms. The first kappa shape index (κ1) is 17.3. The smallest absolute Gasteiger partial charge is 0.191 e. The molecule has 0 saturated heterocycles. The number of hydrogen-bond donors (Lipinski definition) is 2. The van der Waals surface area contributed by atoms with Crippen LogP contribution in [0.3, 0.4) is 0 Å². The van der Waals surface area contributed by atoms with Gasteiger partial charge in [0.25, 0.3) is 0 Å². The normalized spacial score (nSPS) is 17.9. The standard InChI is InChI=1S/C17H30N4S/c1-4-21(5-2)16(14-10-11-22-13-14)12-19-17(18-3)20-15-8-6-7-9-15/h10-11,13,15-16H,4-9,12H2,1-3H3,(H2,18,19,20). The first-order chi connectivity index (χ1) is 10.8. The van der Waals surface area contributed by atoms with Crippen LogP contribution in [0.2, 0.25) is 0 Å². The van der Waals surface area contributed by atoms with Crippen molar-refractivity contribution in [3.05, 3.63) is 22.4 Å². The minimum atomic E-state index is 0.406. The maximum absolute atomic E-state index is 4.39. The summed E-state index contributed by atoms with van der Waals surface area (Å²) in [5, 5.41) is 11.5. The minimum Gasteiger partial charge on any atom is -0.354 e. The minimum absolute atomic E-state index is 0.406. The van der Waals surface area contributed by atoms with Gasteiger partial charge in [0.1, 0.15) is 0 Å². The van der Waals surface area contributed by atoms with Crippen LogP contribution in [0.15, 0.2) is 21.8 Å². The van der Waals surface area contributed by atoms with Gasteiger partial charge in [-0.1, -0.05) is 26.7 Å². The van der Waals surface area contributed by atoms with E-state index in [0.717, 1.165) is 25.6 Å². The number of guanidine groups is 1. The zero-order chi connectivity index (χ0) is 15.8. The van der Waals surface area contributed by atoms with Gasteiger partial charge < -0.3 is 10.6 Å². The number of likely N-dealkylation sites (N-methyl/N-ethyl adjacent to an activating group) is 1. The maximum atomic E-state index is 4.39. The molecule has 1 unspecified atom stereocenters. The highest BCUT2D eigenvalue weighted by Crippen LogP contribution is 2.22. The average molecular weight is 323 g/mol. The van der Waals surface area contributed by atoms with E-state index in [0.29, 0.717) is 12.1 Å². The van der Waals surface area contributed by atoms with Crippen molar-refractivity contribution in [2.24, 2.45) is 4.99 Å². The monoisotopic (exact) mass is 322 g/mol. The lowest BCUT2D eigenvalue weighted by atomic mass is 10.1. The Hall–Kier alpha value is -1.07. The molecule has 0 aliphatic heterocycles. The van der Waals surface area contributed by atoms with Crippen molar-refractivity contribution in [1.82, 2.24) is 15.5 Å². The molecule has 1 heterocycles. The third-order valence-electron chi connectivity index (χ3n) is 4.56. The lowest BCUT2D eigenvalue weighted by molar-refractivity contribution is 0.219. The molecule has 2 rings (SSSR count). The molecule has 0 spiro atoms. The number of aliphatic imine (C=N–C) groups is 1. The quantitative estimate of drug-likeness (QED) is 0.598. The third-order valence-corrected chi connectivity index (χ3v) is 5.27. The fourth-order valence-corrected chi connectivity index (χ4v) is 3.95. The molecular formula is C17H30N4S. The summed E-state index contributed by atoms with van der Waals surface area (Å²) in [4.78, 5) is 6.89. The molecule has 1 aromatic rings. The Morgan fingerprint density at radius 3 is 2.64 bits per heavy atom. The molecule has 124 valence electrons. The fourth-order valence-electron chi connectivity index (χ4n) is 3.24. The largest absolute Gasteiger partial charge is 0.354 e. The van der Waals surface area contributed by atoms with Crippen LogP contribution in [0.1, 0.15) is 51.1 Å². The number of hydrogen-bond acceptors (Lipinski definition) is 3. The summed E-state index contributed by atoms with van der Waals surface area (Å²) >= 11 is 1.77. The first-order valence-corrected chi connectivity index (χ1v) is 9.46. The Bertz CT molecular complexity index is 434. The van der Waals surface area contributed by atoms with Crippen LogP contribution in [0, 0.1) is 0 Å². The van der Waals surface area contributed by atoms with Gasteiger partial charge in [-0.25, -0.2) is 0 Å². The number of nitrogens with one attached hydrogen (secondary N) is 2. The molecule has 0 radical (unpaired) electrons. The van der Waals surface area contributed by atoms with Gasteiger partial charge in [-0.05, 0) is 48.3 Å². The molecular weight excluding hydrogens is 292 g/mol. The van der Waals surface area contributed by atoms with E-state index in [1.54, 1.807) is 11.3 Å². The summed E-state index contributed by atoms with van der Waals surface area (Å²) in [6.07, 6.45) is 5.21. The van der Waals surface area contributed by atoms with Gasteiger partial charge in [0, 0.05) is 19.6 Å². The summed E-state index contributed by atoms with van der Waals surface area (Å²) in [5.41, 5.74) is 1.40. The summed E-state index contributed by atoms with van der Waals surface area (Å²) in [6.45, 7) is 7.48. The van der Waals surface area contributed by atoms with E-state index in [1.165, 1.54) is 31.2 Å². The van der Waals surface area contributed by atoms with Gasteiger partial charge >= 0.3 is 0 Å². The van der Waals surface area contributed by atoms with Gasteiger partial charge in [0.05, 0.1) is 6.04 Å². The van der Waals surface area contributed by atoms with Gasteiger partial charge in [-0.2, -0.15) is 11.3 Å². The highest BCUT2D eigenvalue weighted by Gasteiger charge is 2.20. The lowest BCUT2D eigenvalue weighted by Gasteiger charge is -2.30. The van der Waals surface area contributed by atoms with Gasteiger partial charge in [0.2, 0.25) is 0 Å². The molecule has 0 amide bonds. The molecule has 1 aliphatic carbocycles. The predicted octanol–water partition coefficient (Wildman–Crippen LogP) is 3.24. The van der Waals surface area contributed by atoms with Crippen LogP contribution >= 0.6 is 11.3 Å². The SMILES string of the molecule is CCN(CC)C(CNC(=NC)NC1CCCC1)c1ccsc1.